The van der Waals surface area contributed by atoms with Gasteiger partial charge in [-0.15, -0.1) is 12.4 Å². The molecule has 0 aliphatic carbocycles. The highest BCUT2D eigenvalue weighted by atomic mass is 35.5. The van der Waals surface area contributed by atoms with Crippen LogP contribution in [0.15, 0.2) is 24.3 Å². The third-order valence-electron chi connectivity index (χ3n) is 3.02. The van der Waals surface area contributed by atoms with Crippen LogP contribution < -0.4 is 11.1 Å². The second-order valence-corrected chi connectivity index (χ2v) is 5.22. The Kier molecular flexibility index (Phi) is 7.99. The molecule has 118 valence electrons. The van der Waals surface area contributed by atoms with Crippen LogP contribution in [0.5, 0.6) is 0 Å². The van der Waals surface area contributed by atoms with Gasteiger partial charge < -0.3 is 16.0 Å². The van der Waals surface area contributed by atoms with Gasteiger partial charge in [0.2, 0.25) is 11.8 Å². The van der Waals surface area contributed by atoms with E-state index in [-0.39, 0.29) is 30.3 Å². The largest absolute Gasteiger partial charge is 0.336 e. The number of halogens is 1. The molecule has 6 heteroatoms. The molecule has 0 bridgehead atoms. The minimum Gasteiger partial charge on any atom is -0.336 e. The van der Waals surface area contributed by atoms with Gasteiger partial charge in [-0.05, 0) is 38.5 Å². The van der Waals surface area contributed by atoms with Gasteiger partial charge >= 0.3 is 0 Å². The van der Waals surface area contributed by atoms with Crippen molar-refractivity contribution in [3.05, 3.63) is 29.8 Å². The van der Waals surface area contributed by atoms with Gasteiger partial charge in [0, 0.05) is 25.2 Å². The first-order chi connectivity index (χ1) is 9.31. The summed E-state index contributed by atoms with van der Waals surface area (Å²) in [6.07, 6.45) is 0. The maximum absolute atomic E-state index is 11.5. The van der Waals surface area contributed by atoms with Crippen molar-refractivity contribution in [1.82, 2.24) is 4.90 Å². The number of nitrogens with two attached hydrogens (primary N) is 1. The molecule has 0 aromatic heterocycles. The molecule has 0 saturated carbocycles. The van der Waals surface area contributed by atoms with E-state index in [9.17, 15) is 9.59 Å². The topological polar surface area (TPSA) is 75.4 Å². The van der Waals surface area contributed by atoms with Gasteiger partial charge in [0.25, 0.3) is 0 Å². The average Bonchev–Trinajstić information content (AvgIpc) is 2.36. The molecule has 0 aliphatic rings. The van der Waals surface area contributed by atoms with E-state index in [2.05, 4.69) is 5.32 Å². The normalized spacial score (nSPS) is 11.5. The average molecular weight is 314 g/mol. The van der Waals surface area contributed by atoms with Gasteiger partial charge in [0.05, 0.1) is 6.04 Å². The Morgan fingerprint density at radius 3 is 2.10 bits per heavy atom. The molecule has 5 nitrogen and oxygen atoms in total. The Bertz CT molecular complexity index is 472. The molecule has 0 unspecified atom stereocenters. The van der Waals surface area contributed by atoms with E-state index in [0.29, 0.717) is 12.2 Å². The number of nitrogens with one attached hydrogen (secondary N) is 1. The summed E-state index contributed by atoms with van der Waals surface area (Å²) in [4.78, 5) is 24.8. The van der Waals surface area contributed by atoms with Crippen LogP contribution in [0.25, 0.3) is 0 Å². The summed E-state index contributed by atoms with van der Waals surface area (Å²) in [5.74, 6) is -0.167. The minimum atomic E-state index is -0.538. The second kappa shape index (κ2) is 8.64. The van der Waals surface area contributed by atoms with E-state index in [1.807, 2.05) is 38.1 Å². The molecule has 1 rings (SSSR count). The Labute approximate surface area is 132 Å². The Balaban J connectivity index is 0.00000400. The lowest BCUT2D eigenvalue weighted by Crippen LogP contribution is -2.34. The number of amides is 2. The monoisotopic (exact) mass is 313 g/mol. The van der Waals surface area contributed by atoms with Crippen LogP contribution in [-0.4, -0.2) is 28.8 Å². The molecular weight excluding hydrogens is 290 g/mol. The molecule has 0 heterocycles. The summed E-state index contributed by atoms with van der Waals surface area (Å²) < 4.78 is 0. The predicted molar refractivity (Wildman–Crippen MR) is 87.3 cm³/mol. The van der Waals surface area contributed by atoms with Gasteiger partial charge in [0.1, 0.15) is 0 Å². The number of carbonyl (C=O) groups excluding carboxylic acids is 2. The van der Waals surface area contributed by atoms with Crippen LogP contribution >= 0.6 is 12.4 Å². The van der Waals surface area contributed by atoms with E-state index in [4.69, 9.17) is 5.73 Å². The number of hydrogen-bond acceptors (Lipinski definition) is 3. The SMILES string of the molecule is CC(=O)N(Cc1ccc(NC(=O)[C@H](C)N)cc1)C(C)C.Cl. The lowest BCUT2D eigenvalue weighted by Gasteiger charge is -2.25. The molecule has 1 aromatic rings. The highest BCUT2D eigenvalue weighted by molar-refractivity contribution is 5.94. The van der Waals surface area contributed by atoms with Crippen molar-refractivity contribution in [2.45, 2.75) is 46.3 Å². The van der Waals surface area contributed by atoms with Crippen molar-refractivity contribution < 1.29 is 9.59 Å². The quantitative estimate of drug-likeness (QED) is 0.874. The molecule has 1 atom stereocenters. The van der Waals surface area contributed by atoms with Crippen molar-refractivity contribution in [2.24, 2.45) is 5.73 Å². The van der Waals surface area contributed by atoms with E-state index >= 15 is 0 Å². The molecule has 21 heavy (non-hydrogen) atoms. The first kappa shape index (κ1) is 19.4. The standard InChI is InChI=1S/C15H23N3O2.ClH/c1-10(2)18(12(4)19)9-13-5-7-14(8-6-13)17-15(20)11(3)16;/h5-8,10-11H,9,16H2,1-4H3,(H,17,20);1H/t11-;/m0./s1. The molecule has 3 N–H and O–H groups in total. The first-order valence-electron chi connectivity index (χ1n) is 6.74. The summed E-state index contributed by atoms with van der Waals surface area (Å²) >= 11 is 0. The fourth-order valence-electron chi connectivity index (χ4n) is 1.80. The van der Waals surface area contributed by atoms with Crippen LogP contribution in [-0.2, 0) is 16.1 Å². The zero-order valence-electron chi connectivity index (χ0n) is 12.9. The number of nitrogens with zero attached hydrogens (tertiary/aromatic N) is 1. The maximum Gasteiger partial charge on any atom is 0.240 e. The summed E-state index contributed by atoms with van der Waals surface area (Å²) in [6.45, 7) is 7.74. The summed E-state index contributed by atoms with van der Waals surface area (Å²) in [7, 11) is 0. The van der Waals surface area contributed by atoms with Crippen LogP contribution in [0.3, 0.4) is 0 Å². The van der Waals surface area contributed by atoms with E-state index < -0.39 is 6.04 Å². The third-order valence-corrected chi connectivity index (χ3v) is 3.02. The van der Waals surface area contributed by atoms with Gasteiger partial charge in [-0.2, -0.15) is 0 Å². The van der Waals surface area contributed by atoms with Gasteiger partial charge in [-0.1, -0.05) is 12.1 Å². The molecule has 0 spiro atoms. The number of carbonyl (C=O) groups is 2. The Hall–Kier alpha value is -1.59. The van der Waals surface area contributed by atoms with Crippen molar-refractivity contribution in [3.8, 4) is 0 Å². The molecule has 0 aliphatic heterocycles. The molecule has 2 amide bonds. The Morgan fingerprint density at radius 1 is 1.19 bits per heavy atom. The predicted octanol–water partition coefficient (Wildman–Crippen LogP) is 2.15. The number of rotatable bonds is 5. The highest BCUT2D eigenvalue weighted by Crippen LogP contribution is 2.13. The van der Waals surface area contributed by atoms with Crippen molar-refractivity contribution in [2.75, 3.05) is 5.32 Å². The van der Waals surface area contributed by atoms with E-state index in [1.54, 1.807) is 18.7 Å². The summed E-state index contributed by atoms with van der Waals surface area (Å²) in [5.41, 5.74) is 7.21. The highest BCUT2D eigenvalue weighted by Gasteiger charge is 2.13. The molecule has 1 aromatic carbocycles. The van der Waals surface area contributed by atoms with E-state index in [0.717, 1.165) is 5.56 Å². The van der Waals surface area contributed by atoms with Crippen molar-refractivity contribution in [1.29, 1.82) is 0 Å². The van der Waals surface area contributed by atoms with E-state index in [1.165, 1.54) is 0 Å². The van der Waals surface area contributed by atoms with Crippen LogP contribution in [0, 0.1) is 0 Å². The number of anilines is 1. The molecule has 0 fully saturated rings. The zero-order valence-corrected chi connectivity index (χ0v) is 13.7. The first-order valence-corrected chi connectivity index (χ1v) is 6.74. The van der Waals surface area contributed by atoms with Gasteiger partial charge in [-0.3, -0.25) is 9.59 Å². The minimum absolute atomic E-state index is 0. The second-order valence-electron chi connectivity index (χ2n) is 5.22. The van der Waals surface area contributed by atoms with Crippen LogP contribution in [0.2, 0.25) is 0 Å². The fourth-order valence-corrected chi connectivity index (χ4v) is 1.80. The van der Waals surface area contributed by atoms with Gasteiger partial charge in [0.15, 0.2) is 0 Å². The van der Waals surface area contributed by atoms with Crippen LogP contribution in [0.4, 0.5) is 5.69 Å². The Morgan fingerprint density at radius 2 is 1.71 bits per heavy atom. The lowest BCUT2D eigenvalue weighted by molar-refractivity contribution is -0.131. The molecule has 0 saturated heterocycles. The fraction of sp³-hybridized carbons (Fsp3) is 0.467. The maximum atomic E-state index is 11.5. The molecule has 0 radical (unpaired) electrons. The van der Waals surface area contributed by atoms with Crippen LogP contribution in [0.1, 0.15) is 33.3 Å². The third kappa shape index (κ3) is 6.14. The summed E-state index contributed by atoms with van der Waals surface area (Å²) in [5, 5.41) is 2.72. The lowest BCUT2D eigenvalue weighted by atomic mass is 10.1. The summed E-state index contributed by atoms with van der Waals surface area (Å²) in [6, 6.07) is 7.04. The number of hydrogen-bond donors (Lipinski definition) is 2. The van der Waals surface area contributed by atoms with Gasteiger partial charge in [-0.25, -0.2) is 0 Å². The van der Waals surface area contributed by atoms with Crippen molar-refractivity contribution >= 4 is 29.9 Å². The van der Waals surface area contributed by atoms with Crippen molar-refractivity contribution in [3.63, 3.8) is 0 Å². The number of benzene rings is 1. The smallest absolute Gasteiger partial charge is 0.240 e. The zero-order chi connectivity index (χ0) is 15.3. The molecular formula is C15H24ClN3O2.